The van der Waals surface area contributed by atoms with Crippen LogP contribution in [0.25, 0.3) is 21.5 Å². The largest absolute Gasteiger partial charge is 0.314 e. The van der Waals surface area contributed by atoms with E-state index in [1.165, 1.54) is 119 Å². The summed E-state index contributed by atoms with van der Waals surface area (Å²) in [6.07, 6.45) is 21.7. The van der Waals surface area contributed by atoms with Crippen molar-refractivity contribution in [2.24, 2.45) is 17.8 Å². The average Bonchev–Trinajstić information content (AvgIpc) is 3.11. The first-order valence-corrected chi connectivity index (χ1v) is 19.1. The van der Waals surface area contributed by atoms with Gasteiger partial charge < -0.3 is 10.6 Å². The molecule has 1 heterocycles. The molecule has 4 aliphatic rings. The molecule has 1 aliphatic heterocycles. The number of piperazine rings is 1. The van der Waals surface area contributed by atoms with Crippen LogP contribution in [0.1, 0.15) is 139 Å². The highest BCUT2D eigenvalue weighted by molar-refractivity contribution is 6.10. The lowest BCUT2D eigenvalue weighted by Gasteiger charge is -2.32. The van der Waals surface area contributed by atoms with Crippen LogP contribution in [0.4, 0.5) is 0 Å². The third-order valence-electron chi connectivity index (χ3n) is 11.8. The van der Waals surface area contributed by atoms with Gasteiger partial charge in [-0.3, -0.25) is 0 Å². The molecule has 1 atom stereocenters. The van der Waals surface area contributed by atoms with Gasteiger partial charge in [0.15, 0.2) is 0 Å². The molecule has 1 saturated heterocycles. The molecule has 2 saturated carbocycles. The highest BCUT2D eigenvalue weighted by Gasteiger charge is 2.28. The van der Waals surface area contributed by atoms with E-state index in [0.29, 0.717) is 17.8 Å². The number of fused-ring (bicyclic) bond motifs is 5. The third-order valence-corrected chi connectivity index (χ3v) is 11.8. The van der Waals surface area contributed by atoms with E-state index >= 15 is 0 Å². The van der Waals surface area contributed by atoms with E-state index < -0.39 is 0 Å². The number of hydrogen-bond acceptors (Lipinski definition) is 2. The van der Waals surface area contributed by atoms with Crippen LogP contribution >= 0.6 is 0 Å². The van der Waals surface area contributed by atoms with Crippen LogP contribution in [-0.2, 0) is 6.42 Å². The van der Waals surface area contributed by atoms with Gasteiger partial charge in [-0.15, -0.1) is 0 Å². The molecule has 0 spiro atoms. The van der Waals surface area contributed by atoms with Crippen LogP contribution < -0.4 is 10.6 Å². The zero-order chi connectivity index (χ0) is 30.8. The van der Waals surface area contributed by atoms with Crippen LogP contribution in [-0.4, -0.2) is 26.2 Å². The molecule has 0 amide bonds. The van der Waals surface area contributed by atoms with Crippen molar-refractivity contribution >= 4 is 21.5 Å². The van der Waals surface area contributed by atoms with E-state index in [-0.39, 0.29) is 0 Å². The molecule has 2 nitrogen and oxygen atoms in total. The number of rotatable bonds is 6. The zero-order valence-corrected chi connectivity index (χ0v) is 28.6. The molecule has 3 aliphatic carbocycles. The predicted molar refractivity (Wildman–Crippen MR) is 195 cm³/mol. The maximum Gasteiger partial charge on any atom is 0.0455 e. The standard InChI is InChI=1S/C39H50.C4H10N2/c1-3-5-6-10-29-19-23-32(24-20-29)38-27-33-11-7-8-13-34(33)37-26-25-35-31(12-9-14-36(35)39(37)38)22-21-30-17-15-28(4-2)16-18-30;1-2-6-4-3-5-1/h7-8,11,13,25-32H,3-6,9-10,12,14-20,23-24H2,1-2H3;5-6H,1-4H2. The van der Waals surface area contributed by atoms with Crippen molar-refractivity contribution in [2.45, 2.75) is 128 Å². The van der Waals surface area contributed by atoms with E-state index in [0.717, 1.165) is 38.0 Å². The second-order valence-electron chi connectivity index (χ2n) is 14.8. The maximum atomic E-state index is 3.86. The number of aryl methyl sites for hydroxylation is 1. The fourth-order valence-corrected chi connectivity index (χ4v) is 9.01. The van der Waals surface area contributed by atoms with Crippen molar-refractivity contribution < 1.29 is 0 Å². The monoisotopic (exact) mass is 604 g/mol. The number of unbranched alkanes of at least 4 members (excludes halogenated alkanes) is 2. The maximum absolute atomic E-state index is 3.86. The zero-order valence-electron chi connectivity index (χ0n) is 28.6. The van der Waals surface area contributed by atoms with Crippen molar-refractivity contribution in [3.8, 4) is 11.8 Å². The molecule has 3 fully saturated rings. The van der Waals surface area contributed by atoms with Gasteiger partial charge in [0.1, 0.15) is 0 Å². The Morgan fingerprint density at radius 3 is 2.13 bits per heavy atom. The molecule has 3 aromatic carbocycles. The summed E-state index contributed by atoms with van der Waals surface area (Å²) in [6.45, 7) is 9.24. The van der Waals surface area contributed by atoms with Crippen molar-refractivity contribution in [1.82, 2.24) is 10.6 Å². The van der Waals surface area contributed by atoms with Crippen LogP contribution in [0, 0.1) is 29.6 Å². The summed E-state index contributed by atoms with van der Waals surface area (Å²) in [5.41, 5.74) is 4.88. The molecule has 242 valence electrons. The Morgan fingerprint density at radius 1 is 0.689 bits per heavy atom. The van der Waals surface area contributed by atoms with E-state index in [1.54, 1.807) is 22.1 Å². The minimum atomic E-state index is 0.427. The van der Waals surface area contributed by atoms with Crippen molar-refractivity contribution in [3.63, 3.8) is 0 Å². The Balaban J connectivity index is 0.000000535. The van der Waals surface area contributed by atoms with Gasteiger partial charge in [-0.25, -0.2) is 0 Å². The Bertz CT molecular complexity index is 1410. The van der Waals surface area contributed by atoms with Gasteiger partial charge in [-0.1, -0.05) is 100 Å². The van der Waals surface area contributed by atoms with Gasteiger partial charge in [0.05, 0.1) is 0 Å². The molecule has 7 rings (SSSR count). The van der Waals surface area contributed by atoms with Crippen LogP contribution in [0.2, 0.25) is 0 Å². The molecule has 0 aromatic heterocycles. The molecule has 0 bridgehead atoms. The van der Waals surface area contributed by atoms with Gasteiger partial charge in [0.25, 0.3) is 0 Å². The summed E-state index contributed by atoms with van der Waals surface area (Å²) in [5, 5.41) is 12.4. The summed E-state index contributed by atoms with van der Waals surface area (Å²) in [6, 6.07) is 16.7. The first kappa shape index (κ1) is 32.6. The van der Waals surface area contributed by atoms with Gasteiger partial charge in [-0.2, -0.15) is 0 Å². The number of benzene rings is 3. The normalized spacial score (nSPS) is 26.8. The highest BCUT2D eigenvalue weighted by atomic mass is 15.0. The fraction of sp³-hybridized carbons (Fsp3) is 0.628. The second-order valence-corrected chi connectivity index (χ2v) is 14.8. The van der Waals surface area contributed by atoms with Crippen molar-refractivity contribution in [1.29, 1.82) is 0 Å². The molecular weight excluding hydrogens is 544 g/mol. The molecule has 2 heteroatoms. The third kappa shape index (κ3) is 8.15. The molecule has 3 aromatic rings. The van der Waals surface area contributed by atoms with Gasteiger partial charge in [0, 0.05) is 38.0 Å². The Hall–Kier alpha value is -2.34. The molecular formula is C43H60N2. The first-order valence-electron chi connectivity index (χ1n) is 19.1. The van der Waals surface area contributed by atoms with Gasteiger partial charge in [-0.05, 0) is 127 Å². The lowest BCUT2D eigenvalue weighted by Crippen LogP contribution is -2.39. The molecule has 1 unspecified atom stereocenters. The van der Waals surface area contributed by atoms with Crippen LogP contribution in [0.15, 0.2) is 42.5 Å². The number of nitrogens with one attached hydrogen (secondary N) is 2. The average molecular weight is 605 g/mol. The Kier molecular flexibility index (Phi) is 11.9. The smallest absolute Gasteiger partial charge is 0.0455 e. The minimum absolute atomic E-state index is 0.427. The highest BCUT2D eigenvalue weighted by Crippen LogP contribution is 2.46. The van der Waals surface area contributed by atoms with E-state index in [4.69, 9.17) is 0 Å². The Morgan fingerprint density at radius 2 is 1.42 bits per heavy atom. The predicted octanol–water partition coefficient (Wildman–Crippen LogP) is 10.7. The van der Waals surface area contributed by atoms with E-state index in [2.05, 4.69) is 78.8 Å². The summed E-state index contributed by atoms with van der Waals surface area (Å²) in [4.78, 5) is 0. The lowest BCUT2D eigenvalue weighted by molar-refractivity contribution is 0.303. The lowest BCUT2D eigenvalue weighted by atomic mass is 9.73. The van der Waals surface area contributed by atoms with Crippen molar-refractivity contribution in [2.75, 3.05) is 26.2 Å². The topological polar surface area (TPSA) is 24.1 Å². The van der Waals surface area contributed by atoms with E-state index in [1.807, 2.05) is 0 Å². The first-order chi connectivity index (χ1) is 22.2. The SMILES string of the molecule is C1CNCCN1.CCCCCC1CCC(c2cc3ccccc3c3ccc4c(c23)CCCC4C#CC2CCC(CC)CC2)CC1. The van der Waals surface area contributed by atoms with E-state index in [9.17, 15) is 0 Å². The summed E-state index contributed by atoms with van der Waals surface area (Å²) >= 11 is 0. The molecule has 2 N–H and O–H groups in total. The van der Waals surface area contributed by atoms with Crippen LogP contribution in [0.5, 0.6) is 0 Å². The van der Waals surface area contributed by atoms with Gasteiger partial charge in [0.2, 0.25) is 0 Å². The quantitative estimate of drug-likeness (QED) is 0.166. The minimum Gasteiger partial charge on any atom is -0.314 e. The van der Waals surface area contributed by atoms with Crippen molar-refractivity contribution in [3.05, 3.63) is 59.2 Å². The fourth-order valence-electron chi connectivity index (χ4n) is 9.01. The summed E-state index contributed by atoms with van der Waals surface area (Å²) < 4.78 is 0. The van der Waals surface area contributed by atoms with Gasteiger partial charge >= 0.3 is 0 Å². The molecule has 45 heavy (non-hydrogen) atoms. The summed E-state index contributed by atoms with van der Waals surface area (Å²) in [7, 11) is 0. The Labute approximate surface area is 274 Å². The summed E-state index contributed by atoms with van der Waals surface area (Å²) in [5.74, 6) is 11.3. The second kappa shape index (κ2) is 16.5. The molecule has 0 radical (unpaired) electrons. The number of hydrogen-bond donors (Lipinski definition) is 2. The van der Waals surface area contributed by atoms with Crippen LogP contribution in [0.3, 0.4) is 0 Å².